The fourth-order valence-corrected chi connectivity index (χ4v) is 4.08. The first-order valence-corrected chi connectivity index (χ1v) is 9.65. The number of benzene rings is 2. The van der Waals surface area contributed by atoms with E-state index in [9.17, 15) is 8.78 Å². The van der Waals surface area contributed by atoms with Crippen molar-refractivity contribution in [3.8, 4) is 11.1 Å². The van der Waals surface area contributed by atoms with Crippen LogP contribution in [0.25, 0.3) is 11.1 Å². The summed E-state index contributed by atoms with van der Waals surface area (Å²) in [7, 11) is 0. The summed E-state index contributed by atoms with van der Waals surface area (Å²) in [6.07, 6.45) is 9.16. The number of aryl methyl sites for hydroxylation is 1. The van der Waals surface area contributed by atoms with Crippen LogP contribution in [0, 0.1) is 24.5 Å². The van der Waals surface area contributed by atoms with Crippen molar-refractivity contribution < 1.29 is 8.78 Å². The highest BCUT2D eigenvalue weighted by atomic mass is 19.2. The molecule has 0 aliphatic heterocycles. The van der Waals surface area contributed by atoms with E-state index in [0.717, 1.165) is 11.5 Å². The van der Waals surface area contributed by atoms with Crippen LogP contribution in [0.2, 0.25) is 0 Å². The monoisotopic (exact) mass is 342 g/mol. The number of rotatable bonds is 5. The molecule has 134 valence electrons. The molecule has 25 heavy (non-hydrogen) atoms. The van der Waals surface area contributed by atoms with Crippen LogP contribution in [0.5, 0.6) is 0 Å². The Morgan fingerprint density at radius 2 is 1.56 bits per heavy atom. The zero-order valence-corrected chi connectivity index (χ0v) is 15.3. The van der Waals surface area contributed by atoms with Crippen LogP contribution in [0.15, 0.2) is 36.4 Å². The molecule has 1 aliphatic rings. The number of hydrogen-bond donors (Lipinski definition) is 0. The molecule has 1 saturated carbocycles. The molecule has 0 radical (unpaired) electrons. The molecule has 1 fully saturated rings. The molecule has 0 atom stereocenters. The Morgan fingerprint density at radius 3 is 2.20 bits per heavy atom. The van der Waals surface area contributed by atoms with Crippen LogP contribution in [0.3, 0.4) is 0 Å². The lowest BCUT2D eigenvalue weighted by Gasteiger charge is -2.29. The van der Waals surface area contributed by atoms with Gasteiger partial charge in [0.1, 0.15) is 0 Å². The van der Waals surface area contributed by atoms with Gasteiger partial charge in [0.05, 0.1) is 0 Å². The lowest BCUT2D eigenvalue weighted by molar-refractivity contribution is 0.304. The SMILES string of the molecule is CCCCC1CCC(c2ccc(-c3ccc(C)c(F)c3F)cc2)CC1. The fraction of sp³-hybridized carbons (Fsp3) is 0.478. The summed E-state index contributed by atoms with van der Waals surface area (Å²) in [5, 5.41) is 0. The molecule has 2 heteroatoms. The maximum atomic E-state index is 14.2. The molecule has 0 N–H and O–H groups in total. The molecular weight excluding hydrogens is 314 g/mol. The summed E-state index contributed by atoms with van der Waals surface area (Å²) in [6, 6.07) is 11.4. The summed E-state index contributed by atoms with van der Waals surface area (Å²) in [4.78, 5) is 0. The average molecular weight is 342 g/mol. The molecule has 0 unspecified atom stereocenters. The molecule has 0 saturated heterocycles. The molecule has 0 spiro atoms. The van der Waals surface area contributed by atoms with Gasteiger partial charge in [0.15, 0.2) is 11.6 Å². The molecule has 0 amide bonds. The van der Waals surface area contributed by atoms with Gasteiger partial charge in [-0.15, -0.1) is 0 Å². The quantitative estimate of drug-likeness (QED) is 0.531. The van der Waals surface area contributed by atoms with Crippen molar-refractivity contribution in [2.75, 3.05) is 0 Å². The van der Waals surface area contributed by atoms with Gasteiger partial charge in [-0.05, 0) is 61.1 Å². The van der Waals surface area contributed by atoms with Crippen molar-refractivity contribution in [1.29, 1.82) is 0 Å². The normalized spacial score (nSPS) is 20.6. The van der Waals surface area contributed by atoms with Crippen molar-refractivity contribution in [2.24, 2.45) is 5.92 Å². The fourth-order valence-electron chi connectivity index (χ4n) is 4.08. The van der Waals surface area contributed by atoms with Gasteiger partial charge in [-0.25, -0.2) is 8.78 Å². The van der Waals surface area contributed by atoms with Gasteiger partial charge in [0, 0.05) is 5.56 Å². The highest BCUT2D eigenvalue weighted by molar-refractivity contribution is 5.65. The molecule has 2 aromatic carbocycles. The van der Waals surface area contributed by atoms with E-state index in [1.54, 1.807) is 19.1 Å². The van der Waals surface area contributed by atoms with E-state index in [2.05, 4.69) is 19.1 Å². The third-order valence-corrected chi connectivity index (χ3v) is 5.78. The molecule has 0 nitrogen and oxygen atoms in total. The lowest BCUT2D eigenvalue weighted by atomic mass is 9.77. The van der Waals surface area contributed by atoms with Crippen LogP contribution in [-0.2, 0) is 0 Å². The van der Waals surface area contributed by atoms with Crippen LogP contribution >= 0.6 is 0 Å². The number of unbranched alkanes of at least 4 members (excludes halogenated alkanes) is 1. The van der Waals surface area contributed by atoms with E-state index >= 15 is 0 Å². The smallest absolute Gasteiger partial charge is 0.166 e. The lowest BCUT2D eigenvalue weighted by Crippen LogP contribution is -2.13. The number of halogens is 2. The van der Waals surface area contributed by atoms with Gasteiger partial charge in [-0.1, -0.05) is 62.6 Å². The topological polar surface area (TPSA) is 0 Å². The van der Waals surface area contributed by atoms with Crippen LogP contribution in [0.4, 0.5) is 8.78 Å². The Hall–Kier alpha value is -1.70. The highest BCUT2D eigenvalue weighted by Gasteiger charge is 2.22. The minimum absolute atomic E-state index is 0.345. The zero-order valence-electron chi connectivity index (χ0n) is 15.3. The van der Waals surface area contributed by atoms with Gasteiger partial charge >= 0.3 is 0 Å². The van der Waals surface area contributed by atoms with Crippen LogP contribution in [0.1, 0.15) is 68.9 Å². The van der Waals surface area contributed by atoms with Crippen LogP contribution < -0.4 is 0 Å². The summed E-state index contributed by atoms with van der Waals surface area (Å²) in [5.74, 6) is 0.0304. The van der Waals surface area contributed by atoms with Gasteiger partial charge in [-0.2, -0.15) is 0 Å². The zero-order chi connectivity index (χ0) is 17.8. The highest BCUT2D eigenvalue weighted by Crippen LogP contribution is 2.38. The van der Waals surface area contributed by atoms with E-state index in [1.165, 1.54) is 50.5 Å². The predicted octanol–water partition coefficient (Wildman–Crippen LogP) is 7.40. The van der Waals surface area contributed by atoms with Gasteiger partial charge in [0.2, 0.25) is 0 Å². The minimum atomic E-state index is -0.746. The Balaban J connectivity index is 1.68. The third-order valence-electron chi connectivity index (χ3n) is 5.78. The van der Waals surface area contributed by atoms with Gasteiger partial charge in [0.25, 0.3) is 0 Å². The molecule has 3 rings (SSSR count). The molecule has 2 aromatic rings. The largest absolute Gasteiger partial charge is 0.203 e. The van der Waals surface area contributed by atoms with Crippen molar-refractivity contribution in [3.63, 3.8) is 0 Å². The van der Waals surface area contributed by atoms with E-state index in [1.807, 2.05) is 12.1 Å². The van der Waals surface area contributed by atoms with E-state index in [-0.39, 0.29) is 0 Å². The van der Waals surface area contributed by atoms with Crippen molar-refractivity contribution in [2.45, 2.75) is 64.7 Å². The molecule has 1 aliphatic carbocycles. The molecule has 0 aromatic heterocycles. The summed E-state index contributed by atoms with van der Waals surface area (Å²) in [5.41, 5.74) is 2.78. The second kappa shape index (κ2) is 8.12. The molecule has 0 bridgehead atoms. The molecule has 0 heterocycles. The van der Waals surface area contributed by atoms with E-state index in [0.29, 0.717) is 17.0 Å². The minimum Gasteiger partial charge on any atom is -0.203 e. The summed E-state index contributed by atoms with van der Waals surface area (Å²) < 4.78 is 28.0. The van der Waals surface area contributed by atoms with Crippen molar-refractivity contribution in [1.82, 2.24) is 0 Å². The summed E-state index contributed by atoms with van der Waals surface area (Å²) >= 11 is 0. The molecular formula is C23H28F2. The van der Waals surface area contributed by atoms with Gasteiger partial charge in [-0.3, -0.25) is 0 Å². The number of hydrogen-bond acceptors (Lipinski definition) is 0. The maximum Gasteiger partial charge on any atom is 0.166 e. The van der Waals surface area contributed by atoms with Crippen LogP contribution in [-0.4, -0.2) is 0 Å². The first kappa shape index (κ1) is 18.1. The first-order valence-electron chi connectivity index (χ1n) is 9.65. The maximum absolute atomic E-state index is 14.2. The van der Waals surface area contributed by atoms with Crippen molar-refractivity contribution in [3.05, 3.63) is 59.2 Å². The first-order chi connectivity index (χ1) is 12.1. The van der Waals surface area contributed by atoms with Crippen molar-refractivity contribution >= 4 is 0 Å². The van der Waals surface area contributed by atoms with Gasteiger partial charge < -0.3 is 0 Å². The van der Waals surface area contributed by atoms with E-state index < -0.39 is 11.6 Å². The Morgan fingerprint density at radius 1 is 0.880 bits per heavy atom. The Kier molecular flexibility index (Phi) is 5.88. The van der Waals surface area contributed by atoms with E-state index in [4.69, 9.17) is 0 Å². The third kappa shape index (κ3) is 4.11. The Bertz CT molecular complexity index is 695. The summed E-state index contributed by atoms with van der Waals surface area (Å²) in [6.45, 7) is 3.85. The standard InChI is InChI=1S/C23H28F2/c1-3-4-5-17-7-9-18(10-8-17)19-11-13-20(14-12-19)21-15-6-16(2)22(24)23(21)25/h6,11-15,17-18H,3-5,7-10H2,1-2H3. The average Bonchev–Trinajstić information content (AvgIpc) is 2.65. The Labute approximate surface area is 150 Å². The predicted molar refractivity (Wildman–Crippen MR) is 101 cm³/mol. The second-order valence-electron chi connectivity index (χ2n) is 7.54. The second-order valence-corrected chi connectivity index (χ2v) is 7.54.